The van der Waals surface area contributed by atoms with Gasteiger partial charge in [-0.15, -0.1) is 0 Å². The van der Waals surface area contributed by atoms with Crippen LogP contribution in [-0.4, -0.2) is 19.3 Å². The number of alkyl halides is 1. The van der Waals surface area contributed by atoms with Gasteiger partial charge in [-0.05, 0) is 12.8 Å². The first kappa shape index (κ1) is 9.49. The summed E-state index contributed by atoms with van der Waals surface area (Å²) in [5, 5.41) is 0. The fourth-order valence-electron chi connectivity index (χ4n) is 1.69. The summed E-state index contributed by atoms with van der Waals surface area (Å²) in [5.41, 5.74) is 0. The summed E-state index contributed by atoms with van der Waals surface area (Å²) in [4.78, 5) is 10.8. The number of methoxy groups -OCH3 is 1. The van der Waals surface area contributed by atoms with Crippen LogP contribution in [0.2, 0.25) is 0 Å². The molecule has 1 aliphatic rings. The summed E-state index contributed by atoms with van der Waals surface area (Å²) >= 11 is 0. The number of carbonyl (C=O) groups excluding carboxylic acids is 1. The monoisotopic (exact) mass is 174 g/mol. The minimum atomic E-state index is -0.794. The minimum Gasteiger partial charge on any atom is -0.469 e. The van der Waals surface area contributed by atoms with Gasteiger partial charge in [0, 0.05) is 5.92 Å². The van der Waals surface area contributed by atoms with Gasteiger partial charge in [-0.2, -0.15) is 0 Å². The molecule has 0 aliphatic heterocycles. The van der Waals surface area contributed by atoms with Crippen LogP contribution in [0.25, 0.3) is 0 Å². The van der Waals surface area contributed by atoms with Crippen LogP contribution in [0.15, 0.2) is 0 Å². The van der Waals surface area contributed by atoms with Crippen molar-refractivity contribution in [3.8, 4) is 0 Å². The van der Waals surface area contributed by atoms with Gasteiger partial charge in [0.1, 0.15) is 6.17 Å². The van der Waals surface area contributed by atoms with Gasteiger partial charge in [0.25, 0.3) is 0 Å². The second-order valence-corrected chi connectivity index (χ2v) is 3.34. The van der Waals surface area contributed by atoms with E-state index in [2.05, 4.69) is 4.74 Å². The molecule has 1 fully saturated rings. The standard InChI is InChI=1S/C9H15FO2/c1-12-9(11)6-7-4-2-3-5-8(7)10/h7-8H,2-6H2,1H3. The van der Waals surface area contributed by atoms with Crippen molar-refractivity contribution in [1.29, 1.82) is 0 Å². The largest absolute Gasteiger partial charge is 0.469 e. The molecular formula is C9H15FO2. The summed E-state index contributed by atoms with van der Waals surface area (Å²) in [6, 6.07) is 0. The molecule has 0 radical (unpaired) electrons. The second-order valence-electron chi connectivity index (χ2n) is 3.34. The van der Waals surface area contributed by atoms with Crippen LogP contribution in [0.3, 0.4) is 0 Å². The van der Waals surface area contributed by atoms with Crippen LogP contribution in [0.5, 0.6) is 0 Å². The maximum Gasteiger partial charge on any atom is 0.305 e. The highest BCUT2D eigenvalue weighted by Gasteiger charge is 2.26. The normalized spacial score (nSPS) is 29.8. The second kappa shape index (κ2) is 4.43. The Hall–Kier alpha value is -0.600. The topological polar surface area (TPSA) is 26.3 Å². The molecule has 3 heteroatoms. The van der Waals surface area contributed by atoms with Crippen molar-refractivity contribution >= 4 is 5.97 Å². The Morgan fingerprint density at radius 3 is 2.75 bits per heavy atom. The number of carbonyl (C=O) groups is 1. The van der Waals surface area contributed by atoms with Crippen molar-refractivity contribution in [3.63, 3.8) is 0 Å². The quantitative estimate of drug-likeness (QED) is 0.599. The molecule has 0 amide bonds. The Morgan fingerprint density at radius 1 is 1.50 bits per heavy atom. The molecule has 0 aromatic carbocycles. The highest BCUT2D eigenvalue weighted by atomic mass is 19.1. The maximum absolute atomic E-state index is 13.1. The Labute approximate surface area is 72.1 Å². The number of ether oxygens (including phenoxy) is 1. The first-order valence-electron chi connectivity index (χ1n) is 4.45. The molecule has 2 nitrogen and oxygen atoms in total. The number of esters is 1. The van der Waals surface area contributed by atoms with E-state index >= 15 is 0 Å². The van der Waals surface area contributed by atoms with Crippen LogP contribution in [0, 0.1) is 5.92 Å². The molecule has 0 aromatic heterocycles. The van der Waals surface area contributed by atoms with Crippen LogP contribution in [-0.2, 0) is 9.53 Å². The van der Waals surface area contributed by atoms with Gasteiger partial charge >= 0.3 is 5.97 Å². The van der Waals surface area contributed by atoms with E-state index in [4.69, 9.17) is 0 Å². The molecule has 12 heavy (non-hydrogen) atoms. The van der Waals surface area contributed by atoms with E-state index in [0.29, 0.717) is 6.42 Å². The van der Waals surface area contributed by atoms with E-state index in [1.807, 2.05) is 0 Å². The molecule has 70 valence electrons. The van der Waals surface area contributed by atoms with Gasteiger partial charge in [0.15, 0.2) is 0 Å². The van der Waals surface area contributed by atoms with Gasteiger partial charge in [-0.25, -0.2) is 4.39 Å². The highest BCUT2D eigenvalue weighted by Crippen LogP contribution is 2.29. The molecule has 0 spiro atoms. The molecule has 0 bridgehead atoms. The Morgan fingerprint density at radius 2 is 2.17 bits per heavy atom. The first-order chi connectivity index (χ1) is 5.74. The highest BCUT2D eigenvalue weighted by molar-refractivity contribution is 5.69. The third-order valence-electron chi connectivity index (χ3n) is 2.47. The molecule has 2 unspecified atom stereocenters. The lowest BCUT2D eigenvalue weighted by molar-refractivity contribution is -0.142. The van der Waals surface area contributed by atoms with E-state index in [0.717, 1.165) is 19.3 Å². The van der Waals surface area contributed by atoms with E-state index in [1.54, 1.807) is 0 Å². The Kier molecular flexibility index (Phi) is 3.50. The van der Waals surface area contributed by atoms with Gasteiger partial charge in [-0.1, -0.05) is 12.8 Å². The van der Waals surface area contributed by atoms with Crippen LogP contribution >= 0.6 is 0 Å². The predicted molar refractivity (Wildman–Crippen MR) is 43.5 cm³/mol. The molecular weight excluding hydrogens is 159 g/mol. The van der Waals surface area contributed by atoms with Gasteiger partial charge < -0.3 is 4.74 Å². The lowest BCUT2D eigenvalue weighted by atomic mass is 9.85. The SMILES string of the molecule is COC(=O)CC1CCCCC1F. The molecule has 2 atom stereocenters. The molecule has 0 saturated heterocycles. The van der Waals surface area contributed by atoms with Gasteiger partial charge in [0.2, 0.25) is 0 Å². The Balaban J connectivity index is 2.33. The van der Waals surface area contributed by atoms with E-state index < -0.39 is 6.17 Å². The zero-order chi connectivity index (χ0) is 8.97. The molecule has 1 saturated carbocycles. The lowest BCUT2D eigenvalue weighted by Crippen LogP contribution is -2.23. The van der Waals surface area contributed by atoms with Gasteiger partial charge in [-0.3, -0.25) is 4.79 Å². The fourth-order valence-corrected chi connectivity index (χ4v) is 1.69. The maximum atomic E-state index is 13.1. The molecule has 0 N–H and O–H groups in total. The molecule has 1 aliphatic carbocycles. The lowest BCUT2D eigenvalue weighted by Gasteiger charge is -2.24. The summed E-state index contributed by atoms with van der Waals surface area (Å²) < 4.78 is 17.6. The van der Waals surface area contributed by atoms with Crippen molar-refractivity contribution in [2.75, 3.05) is 7.11 Å². The number of halogens is 1. The summed E-state index contributed by atoms with van der Waals surface area (Å²) in [6.07, 6.45) is 2.90. The number of rotatable bonds is 2. The zero-order valence-corrected chi connectivity index (χ0v) is 7.38. The van der Waals surface area contributed by atoms with Crippen LogP contribution in [0.4, 0.5) is 4.39 Å². The molecule has 0 aromatic rings. The minimum absolute atomic E-state index is 0.0915. The third-order valence-corrected chi connectivity index (χ3v) is 2.47. The van der Waals surface area contributed by atoms with Gasteiger partial charge in [0.05, 0.1) is 13.5 Å². The molecule has 0 heterocycles. The van der Waals surface area contributed by atoms with E-state index in [1.165, 1.54) is 7.11 Å². The average molecular weight is 174 g/mol. The first-order valence-corrected chi connectivity index (χ1v) is 4.45. The van der Waals surface area contributed by atoms with Crippen molar-refractivity contribution < 1.29 is 13.9 Å². The Bertz CT molecular complexity index is 159. The zero-order valence-electron chi connectivity index (χ0n) is 7.38. The van der Waals surface area contributed by atoms with Crippen molar-refractivity contribution in [1.82, 2.24) is 0 Å². The predicted octanol–water partition coefficient (Wildman–Crippen LogP) is 2.08. The fraction of sp³-hybridized carbons (Fsp3) is 0.889. The number of hydrogen-bond acceptors (Lipinski definition) is 2. The van der Waals surface area contributed by atoms with Crippen molar-refractivity contribution in [2.24, 2.45) is 5.92 Å². The smallest absolute Gasteiger partial charge is 0.305 e. The van der Waals surface area contributed by atoms with E-state index in [-0.39, 0.29) is 18.3 Å². The van der Waals surface area contributed by atoms with E-state index in [9.17, 15) is 9.18 Å². The van der Waals surface area contributed by atoms with Crippen molar-refractivity contribution in [2.45, 2.75) is 38.3 Å². The molecule has 1 rings (SSSR count). The summed E-state index contributed by atoms with van der Waals surface area (Å²) in [7, 11) is 1.35. The van der Waals surface area contributed by atoms with Crippen molar-refractivity contribution in [3.05, 3.63) is 0 Å². The summed E-state index contributed by atoms with van der Waals surface area (Å²) in [5.74, 6) is -0.379. The van der Waals surface area contributed by atoms with Crippen LogP contribution < -0.4 is 0 Å². The van der Waals surface area contributed by atoms with Crippen LogP contribution in [0.1, 0.15) is 32.1 Å². The summed E-state index contributed by atoms with van der Waals surface area (Å²) in [6.45, 7) is 0. The number of hydrogen-bond donors (Lipinski definition) is 0. The average Bonchev–Trinajstić information content (AvgIpc) is 2.09. The third kappa shape index (κ3) is 2.47.